The van der Waals surface area contributed by atoms with E-state index >= 15 is 0 Å². The fraction of sp³-hybridized carbons (Fsp3) is 0.136. The fourth-order valence-corrected chi connectivity index (χ4v) is 2.84. The van der Waals surface area contributed by atoms with Gasteiger partial charge in [0.15, 0.2) is 5.78 Å². The first kappa shape index (κ1) is 21.1. The van der Waals surface area contributed by atoms with E-state index in [0.717, 1.165) is 0 Å². The molecule has 8 heteroatoms. The molecular formula is C22H20ClN3O4. The van der Waals surface area contributed by atoms with E-state index in [4.69, 9.17) is 21.1 Å². The summed E-state index contributed by atoms with van der Waals surface area (Å²) in [4.78, 5) is 28.7. The molecule has 0 saturated heterocycles. The van der Waals surface area contributed by atoms with Crippen LogP contribution in [0.1, 0.15) is 23.7 Å². The molecule has 7 nitrogen and oxygen atoms in total. The third-order valence-corrected chi connectivity index (χ3v) is 4.30. The smallest absolute Gasteiger partial charge is 0.323 e. The molecule has 0 unspecified atom stereocenters. The molecule has 3 aromatic rings. The Balaban J connectivity index is 1.78. The number of nitrogens with zero attached hydrogens (tertiary/aromatic N) is 1. The largest absolute Gasteiger partial charge is 0.497 e. The SMILES string of the molecule is CCC(=O)c1cc(NC(=O)Nc2cccc(OC)c2)ccc1Oc1cncc(Cl)c1. The average Bonchev–Trinajstić information content (AvgIpc) is 2.74. The number of pyridine rings is 1. The molecule has 0 aliphatic heterocycles. The zero-order valence-corrected chi connectivity index (χ0v) is 17.2. The predicted octanol–water partition coefficient (Wildman–Crippen LogP) is 5.77. The number of hydrogen-bond donors (Lipinski definition) is 2. The summed E-state index contributed by atoms with van der Waals surface area (Å²) in [5.41, 5.74) is 1.37. The van der Waals surface area contributed by atoms with Gasteiger partial charge in [0.25, 0.3) is 0 Å². The van der Waals surface area contributed by atoms with Crippen molar-refractivity contribution in [3.63, 3.8) is 0 Å². The van der Waals surface area contributed by atoms with Gasteiger partial charge in [0.1, 0.15) is 17.2 Å². The molecule has 2 aromatic carbocycles. The highest BCUT2D eigenvalue weighted by atomic mass is 35.5. The fourth-order valence-electron chi connectivity index (χ4n) is 2.67. The maximum absolute atomic E-state index is 12.4. The number of hydrogen-bond acceptors (Lipinski definition) is 5. The number of benzene rings is 2. The van der Waals surface area contributed by atoms with Gasteiger partial charge in [-0.05, 0) is 30.3 Å². The molecule has 0 bridgehead atoms. The van der Waals surface area contributed by atoms with Crippen molar-refractivity contribution in [2.24, 2.45) is 0 Å². The summed E-state index contributed by atoms with van der Waals surface area (Å²) in [5.74, 6) is 1.26. The molecule has 1 aromatic heterocycles. The summed E-state index contributed by atoms with van der Waals surface area (Å²) in [7, 11) is 1.55. The highest BCUT2D eigenvalue weighted by Gasteiger charge is 2.14. The van der Waals surface area contributed by atoms with Crippen LogP contribution in [0.2, 0.25) is 5.02 Å². The van der Waals surface area contributed by atoms with Gasteiger partial charge < -0.3 is 20.1 Å². The number of anilines is 2. The molecule has 1 heterocycles. The van der Waals surface area contributed by atoms with Crippen LogP contribution in [0.15, 0.2) is 60.9 Å². The van der Waals surface area contributed by atoms with Crippen molar-refractivity contribution in [2.75, 3.05) is 17.7 Å². The number of halogens is 1. The first-order valence-corrected chi connectivity index (χ1v) is 9.54. The lowest BCUT2D eigenvalue weighted by Crippen LogP contribution is -2.19. The van der Waals surface area contributed by atoms with Crippen molar-refractivity contribution in [3.8, 4) is 17.2 Å². The van der Waals surface area contributed by atoms with Crippen molar-refractivity contribution in [2.45, 2.75) is 13.3 Å². The molecule has 30 heavy (non-hydrogen) atoms. The van der Waals surface area contributed by atoms with E-state index in [1.165, 1.54) is 12.4 Å². The van der Waals surface area contributed by atoms with Crippen LogP contribution in [0.3, 0.4) is 0 Å². The third-order valence-electron chi connectivity index (χ3n) is 4.09. The second-order valence-corrected chi connectivity index (χ2v) is 6.68. The lowest BCUT2D eigenvalue weighted by molar-refractivity contribution is 0.0986. The second-order valence-electron chi connectivity index (χ2n) is 6.24. The van der Waals surface area contributed by atoms with Gasteiger partial charge in [-0.1, -0.05) is 24.6 Å². The van der Waals surface area contributed by atoms with Gasteiger partial charge in [0, 0.05) is 36.1 Å². The van der Waals surface area contributed by atoms with E-state index in [9.17, 15) is 9.59 Å². The van der Waals surface area contributed by atoms with E-state index in [0.29, 0.717) is 39.2 Å². The number of ether oxygens (including phenoxy) is 2. The van der Waals surface area contributed by atoms with E-state index in [2.05, 4.69) is 15.6 Å². The highest BCUT2D eigenvalue weighted by Crippen LogP contribution is 2.30. The summed E-state index contributed by atoms with van der Waals surface area (Å²) in [6.45, 7) is 1.75. The number of urea groups is 1. The predicted molar refractivity (Wildman–Crippen MR) is 116 cm³/mol. The van der Waals surface area contributed by atoms with Crippen LogP contribution >= 0.6 is 11.6 Å². The van der Waals surface area contributed by atoms with Gasteiger partial charge in [-0.2, -0.15) is 0 Å². The van der Waals surface area contributed by atoms with Crippen LogP contribution < -0.4 is 20.1 Å². The van der Waals surface area contributed by atoms with Gasteiger partial charge >= 0.3 is 6.03 Å². The molecule has 2 N–H and O–H groups in total. The summed E-state index contributed by atoms with van der Waals surface area (Å²) < 4.78 is 10.9. The second kappa shape index (κ2) is 9.76. The quantitative estimate of drug-likeness (QED) is 0.469. The van der Waals surface area contributed by atoms with Crippen LogP contribution in [0.25, 0.3) is 0 Å². The van der Waals surface area contributed by atoms with Gasteiger partial charge in [-0.3, -0.25) is 9.78 Å². The Morgan fingerprint density at radius 3 is 2.47 bits per heavy atom. The Hall–Kier alpha value is -3.58. The van der Waals surface area contributed by atoms with E-state index in [1.54, 1.807) is 62.6 Å². The number of carbonyl (C=O) groups excluding carboxylic acids is 2. The lowest BCUT2D eigenvalue weighted by atomic mass is 10.1. The van der Waals surface area contributed by atoms with E-state index in [1.807, 2.05) is 0 Å². The Labute approximate surface area is 179 Å². The zero-order chi connectivity index (χ0) is 21.5. The molecule has 0 radical (unpaired) electrons. The number of methoxy groups -OCH3 is 1. The minimum Gasteiger partial charge on any atom is -0.497 e. The van der Waals surface area contributed by atoms with Gasteiger partial charge in [0.2, 0.25) is 0 Å². The third kappa shape index (κ3) is 5.48. The molecule has 0 aliphatic carbocycles. The summed E-state index contributed by atoms with van der Waals surface area (Å²) in [6.07, 6.45) is 3.27. The van der Waals surface area contributed by atoms with Crippen LogP contribution in [0, 0.1) is 0 Å². The molecule has 0 atom stereocenters. The topological polar surface area (TPSA) is 89.6 Å². The first-order chi connectivity index (χ1) is 14.5. The molecular weight excluding hydrogens is 406 g/mol. The molecule has 3 rings (SSSR count). The van der Waals surface area contributed by atoms with Gasteiger partial charge in [0.05, 0.1) is 23.9 Å². The maximum atomic E-state index is 12.4. The number of ketones is 1. The Morgan fingerprint density at radius 1 is 1.00 bits per heavy atom. The number of Topliss-reactive ketones (excluding diaryl/α,β-unsaturated/α-hetero) is 1. The number of amides is 2. The number of carbonyl (C=O) groups is 2. The minimum atomic E-state index is -0.453. The zero-order valence-electron chi connectivity index (χ0n) is 16.4. The van der Waals surface area contributed by atoms with Crippen molar-refractivity contribution in [3.05, 3.63) is 71.5 Å². The monoisotopic (exact) mass is 425 g/mol. The molecule has 0 saturated carbocycles. The summed E-state index contributed by atoms with van der Waals surface area (Å²) >= 11 is 5.94. The van der Waals surface area contributed by atoms with Crippen molar-refractivity contribution in [1.29, 1.82) is 0 Å². The van der Waals surface area contributed by atoms with Crippen LogP contribution in [-0.4, -0.2) is 23.9 Å². The number of nitrogens with one attached hydrogen (secondary N) is 2. The van der Waals surface area contributed by atoms with Crippen LogP contribution in [0.4, 0.5) is 16.2 Å². The summed E-state index contributed by atoms with van der Waals surface area (Å²) in [6, 6.07) is 13.0. The first-order valence-electron chi connectivity index (χ1n) is 9.16. The lowest BCUT2D eigenvalue weighted by Gasteiger charge is -2.13. The maximum Gasteiger partial charge on any atom is 0.323 e. The summed E-state index contributed by atoms with van der Waals surface area (Å²) in [5, 5.41) is 5.85. The number of rotatable bonds is 7. The van der Waals surface area contributed by atoms with Crippen LogP contribution in [-0.2, 0) is 0 Å². The Morgan fingerprint density at radius 2 is 1.77 bits per heavy atom. The Bertz CT molecular complexity index is 1070. The molecule has 0 fully saturated rings. The van der Waals surface area contributed by atoms with Crippen molar-refractivity contribution >= 4 is 34.8 Å². The van der Waals surface area contributed by atoms with Crippen LogP contribution in [0.5, 0.6) is 17.2 Å². The van der Waals surface area contributed by atoms with Crippen molar-refractivity contribution < 1.29 is 19.1 Å². The Kier molecular flexibility index (Phi) is 6.87. The molecule has 0 aliphatic rings. The number of aromatic nitrogens is 1. The molecule has 2 amide bonds. The molecule has 0 spiro atoms. The minimum absolute atomic E-state index is 0.128. The van der Waals surface area contributed by atoms with E-state index < -0.39 is 6.03 Å². The molecule has 154 valence electrons. The van der Waals surface area contributed by atoms with Gasteiger partial charge in [-0.15, -0.1) is 0 Å². The van der Waals surface area contributed by atoms with Gasteiger partial charge in [-0.25, -0.2) is 4.79 Å². The normalized spacial score (nSPS) is 10.2. The van der Waals surface area contributed by atoms with E-state index in [-0.39, 0.29) is 12.2 Å². The standard InChI is InChI=1S/C22H20ClN3O4/c1-3-20(27)19-11-16(7-8-21(19)30-18-9-14(23)12-24-13-18)26-22(28)25-15-5-4-6-17(10-15)29-2/h4-13H,3H2,1-2H3,(H2,25,26,28). The highest BCUT2D eigenvalue weighted by molar-refractivity contribution is 6.30. The van der Waals surface area contributed by atoms with Crippen molar-refractivity contribution in [1.82, 2.24) is 4.98 Å². The average molecular weight is 426 g/mol.